The SMILES string of the molecule is CNc1cc(C(=O)NC(C)c2ccncc2)ccn1. The maximum absolute atomic E-state index is 12.1. The van der Waals surface area contributed by atoms with Crippen LogP contribution in [0.5, 0.6) is 0 Å². The van der Waals surface area contributed by atoms with E-state index in [1.807, 2.05) is 19.1 Å². The van der Waals surface area contributed by atoms with E-state index in [-0.39, 0.29) is 11.9 Å². The number of pyridine rings is 2. The van der Waals surface area contributed by atoms with Gasteiger partial charge in [-0.3, -0.25) is 9.78 Å². The molecular formula is C14H16N4O. The summed E-state index contributed by atoms with van der Waals surface area (Å²) in [5, 5.41) is 5.85. The first-order chi connectivity index (χ1) is 9.20. The van der Waals surface area contributed by atoms with E-state index in [4.69, 9.17) is 0 Å². The van der Waals surface area contributed by atoms with Gasteiger partial charge in [0.1, 0.15) is 5.82 Å². The molecule has 0 radical (unpaired) electrons. The second-order valence-electron chi connectivity index (χ2n) is 4.16. The molecule has 0 aromatic carbocycles. The van der Waals surface area contributed by atoms with Gasteiger partial charge in [-0.25, -0.2) is 4.98 Å². The second-order valence-corrected chi connectivity index (χ2v) is 4.16. The number of carbonyl (C=O) groups is 1. The number of anilines is 1. The van der Waals surface area contributed by atoms with Crippen LogP contribution >= 0.6 is 0 Å². The lowest BCUT2D eigenvalue weighted by molar-refractivity contribution is 0.0940. The topological polar surface area (TPSA) is 66.9 Å². The third-order valence-electron chi connectivity index (χ3n) is 2.83. The monoisotopic (exact) mass is 256 g/mol. The Morgan fingerprint density at radius 3 is 2.63 bits per heavy atom. The van der Waals surface area contributed by atoms with E-state index in [0.29, 0.717) is 11.4 Å². The lowest BCUT2D eigenvalue weighted by Crippen LogP contribution is -2.26. The highest BCUT2D eigenvalue weighted by atomic mass is 16.1. The summed E-state index contributed by atoms with van der Waals surface area (Å²) in [6.07, 6.45) is 5.03. The van der Waals surface area contributed by atoms with Gasteiger partial charge in [0.2, 0.25) is 0 Å². The van der Waals surface area contributed by atoms with Crippen LogP contribution in [0.25, 0.3) is 0 Å². The van der Waals surface area contributed by atoms with Gasteiger partial charge in [0.15, 0.2) is 0 Å². The Labute approximate surface area is 112 Å². The summed E-state index contributed by atoms with van der Waals surface area (Å²) < 4.78 is 0. The van der Waals surface area contributed by atoms with Crippen LogP contribution in [0.4, 0.5) is 5.82 Å². The maximum atomic E-state index is 12.1. The van der Waals surface area contributed by atoms with Crippen molar-refractivity contribution in [1.29, 1.82) is 0 Å². The van der Waals surface area contributed by atoms with E-state index in [0.717, 1.165) is 5.56 Å². The zero-order valence-corrected chi connectivity index (χ0v) is 10.9. The zero-order valence-electron chi connectivity index (χ0n) is 10.9. The summed E-state index contributed by atoms with van der Waals surface area (Å²) in [7, 11) is 1.77. The Kier molecular flexibility index (Phi) is 4.07. The van der Waals surface area contributed by atoms with E-state index in [9.17, 15) is 4.79 Å². The molecule has 0 aliphatic rings. The molecule has 2 aromatic rings. The Morgan fingerprint density at radius 2 is 1.95 bits per heavy atom. The molecule has 0 spiro atoms. The van der Waals surface area contributed by atoms with Crippen LogP contribution in [0.15, 0.2) is 42.9 Å². The van der Waals surface area contributed by atoms with Gasteiger partial charge in [-0.1, -0.05) is 0 Å². The van der Waals surface area contributed by atoms with Crippen LogP contribution in [0, 0.1) is 0 Å². The van der Waals surface area contributed by atoms with Crippen LogP contribution in [-0.4, -0.2) is 22.9 Å². The lowest BCUT2D eigenvalue weighted by Gasteiger charge is -2.14. The number of nitrogens with zero attached hydrogens (tertiary/aromatic N) is 2. The van der Waals surface area contributed by atoms with Crippen LogP contribution in [0.3, 0.4) is 0 Å². The average Bonchev–Trinajstić information content (AvgIpc) is 2.48. The summed E-state index contributed by atoms with van der Waals surface area (Å²) in [4.78, 5) is 20.2. The fourth-order valence-corrected chi connectivity index (χ4v) is 1.72. The molecule has 1 atom stereocenters. The molecule has 5 nitrogen and oxygen atoms in total. The Balaban J connectivity index is 2.08. The van der Waals surface area contributed by atoms with Crippen LogP contribution in [0.1, 0.15) is 28.9 Å². The van der Waals surface area contributed by atoms with Crippen LogP contribution < -0.4 is 10.6 Å². The van der Waals surface area contributed by atoms with Crippen molar-refractivity contribution in [3.05, 3.63) is 54.0 Å². The minimum atomic E-state index is -0.122. The molecule has 2 heterocycles. The van der Waals surface area contributed by atoms with E-state index in [1.54, 1.807) is 37.8 Å². The van der Waals surface area contributed by atoms with Crippen molar-refractivity contribution in [1.82, 2.24) is 15.3 Å². The molecule has 5 heteroatoms. The van der Waals surface area contributed by atoms with Crippen molar-refractivity contribution >= 4 is 11.7 Å². The summed E-state index contributed by atoms with van der Waals surface area (Å²) in [5.74, 6) is 0.549. The van der Waals surface area contributed by atoms with Crippen molar-refractivity contribution in [2.24, 2.45) is 0 Å². The molecule has 0 saturated carbocycles. The van der Waals surface area contributed by atoms with Crippen LogP contribution in [-0.2, 0) is 0 Å². The second kappa shape index (κ2) is 5.95. The summed E-state index contributed by atoms with van der Waals surface area (Å²) in [5.41, 5.74) is 1.60. The fraction of sp³-hybridized carbons (Fsp3) is 0.214. The van der Waals surface area contributed by atoms with Crippen molar-refractivity contribution in [3.63, 3.8) is 0 Å². The average molecular weight is 256 g/mol. The third kappa shape index (κ3) is 3.28. The van der Waals surface area contributed by atoms with Crippen molar-refractivity contribution < 1.29 is 4.79 Å². The number of aromatic nitrogens is 2. The standard InChI is InChI=1S/C14H16N4O/c1-10(11-3-6-16-7-4-11)18-14(19)12-5-8-17-13(9-12)15-2/h3-10H,1-2H3,(H,15,17)(H,18,19). The van der Waals surface area contributed by atoms with E-state index >= 15 is 0 Å². The first kappa shape index (κ1) is 13.0. The van der Waals surface area contributed by atoms with Gasteiger partial charge in [0.25, 0.3) is 5.91 Å². The Hall–Kier alpha value is -2.43. The minimum Gasteiger partial charge on any atom is -0.373 e. The highest BCUT2D eigenvalue weighted by Crippen LogP contribution is 2.12. The first-order valence-electron chi connectivity index (χ1n) is 6.05. The minimum absolute atomic E-state index is 0.0679. The molecule has 1 amide bonds. The zero-order chi connectivity index (χ0) is 13.7. The Morgan fingerprint density at radius 1 is 1.21 bits per heavy atom. The van der Waals surface area contributed by atoms with E-state index in [1.165, 1.54) is 0 Å². The van der Waals surface area contributed by atoms with Gasteiger partial charge < -0.3 is 10.6 Å². The van der Waals surface area contributed by atoms with Gasteiger partial charge in [-0.15, -0.1) is 0 Å². The highest BCUT2D eigenvalue weighted by Gasteiger charge is 2.11. The molecule has 2 rings (SSSR count). The highest BCUT2D eigenvalue weighted by molar-refractivity contribution is 5.95. The number of nitrogens with one attached hydrogen (secondary N) is 2. The molecule has 0 bridgehead atoms. The van der Waals surface area contributed by atoms with E-state index < -0.39 is 0 Å². The number of amides is 1. The molecule has 0 saturated heterocycles. The molecular weight excluding hydrogens is 240 g/mol. The van der Waals surface area contributed by atoms with Crippen LogP contribution in [0.2, 0.25) is 0 Å². The first-order valence-corrected chi connectivity index (χ1v) is 6.05. The van der Waals surface area contributed by atoms with Gasteiger partial charge in [-0.05, 0) is 36.8 Å². The number of hydrogen-bond acceptors (Lipinski definition) is 4. The van der Waals surface area contributed by atoms with Gasteiger partial charge in [-0.2, -0.15) is 0 Å². The molecule has 98 valence electrons. The Bertz CT molecular complexity index is 556. The predicted molar refractivity (Wildman–Crippen MR) is 73.9 cm³/mol. The van der Waals surface area contributed by atoms with Crippen molar-refractivity contribution in [3.8, 4) is 0 Å². The van der Waals surface area contributed by atoms with Gasteiger partial charge in [0.05, 0.1) is 6.04 Å². The predicted octanol–water partition coefficient (Wildman–Crippen LogP) is 2.01. The molecule has 0 aliphatic heterocycles. The van der Waals surface area contributed by atoms with E-state index in [2.05, 4.69) is 20.6 Å². The largest absolute Gasteiger partial charge is 0.373 e. The number of hydrogen-bond donors (Lipinski definition) is 2. The summed E-state index contributed by atoms with van der Waals surface area (Å²) >= 11 is 0. The molecule has 2 N–H and O–H groups in total. The lowest BCUT2D eigenvalue weighted by atomic mass is 10.1. The smallest absolute Gasteiger partial charge is 0.251 e. The van der Waals surface area contributed by atoms with Gasteiger partial charge >= 0.3 is 0 Å². The third-order valence-corrected chi connectivity index (χ3v) is 2.83. The molecule has 1 unspecified atom stereocenters. The molecule has 0 aliphatic carbocycles. The van der Waals surface area contributed by atoms with Crippen molar-refractivity contribution in [2.75, 3.05) is 12.4 Å². The maximum Gasteiger partial charge on any atom is 0.251 e. The molecule has 2 aromatic heterocycles. The molecule has 0 fully saturated rings. The quantitative estimate of drug-likeness (QED) is 0.878. The number of carbonyl (C=O) groups excluding carboxylic acids is 1. The summed E-state index contributed by atoms with van der Waals surface area (Å²) in [6, 6.07) is 7.11. The number of rotatable bonds is 4. The summed E-state index contributed by atoms with van der Waals surface area (Å²) in [6.45, 7) is 1.94. The molecule has 19 heavy (non-hydrogen) atoms. The fourth-order valence-electron chi connectivity index (χ4n) is 1.72. The normalized spacial score (nSPS) is 11.7. The van der Waals surface area contributed by atoms with Gasteiger partial charge in [0, 0.05) is 31.2 Å². The van der Waals surface area contributed by atoms with Crippen molar-refractivity contribution in [2.45, 2.75) is 13.0 Å².